The Kier molecular flexibility index (Phi) is 9.38. The zero-order valence-electron chi connectivity index (χ0n) is 24.8. The quantitative estimate of drug-likeness (QED) is 0.274. The zero-order valence-corrected chi connectivity index (χ0v) is 25.5. The number of fused-ring (bicyclic) bond motifs is 1. The molecule has 2 aliphatic rings. The van der Waals surface area contributed by atoms with Crippen molar-refractivity contribution in [2.75, 3.05) is 36.4 Å². The van der Waals surface area contributed by atoms with Gasteiger partial charge in [0.05, 0.1) is 23.0 Å². The standard InChI is InChI=1S/C35H35ClN6O3/c36-28-13-11-24(12-14-28)20-31(40-34(44)30-21-25-6-1-2-7-26(25)23-38-30)35(45)42-18-16-41(17-19-42)32-10-4-3-9-29(32)39-33(43)27-8-5-15-37-22-27/h1-15,22,30-31,38H,16-21,23H2,(H,39,43)(H,40,44). The number of nitrogens with zero attached hydrogens (tertiary/aromatic N) is 3. The maximum atomic E-state index is 14.0. The summed E-state index contributed by atoms with van der Waals surface area (Å²) in [6.07, 6.45) is 4.08. The number of nitrogens with one attached hydrogen (secondary N) is 3. The van der Waals surface area contributed by atoms with E-state index in [0.29, 0.717) is 61.8 Å². The topological polar surface area (TPSA) is 107 Å². The molecule has 1 saturated heterocycles. The highest BCUT2D eigenvalue weighted by Crippen LogP contribution is 2.27. The molecule has 10 heteroatoms. The number of aromatic nitrogens is 1. The van der Waals surface area contributed by atoms with E-state index in [2.05, 4.69) is 38.0 Å². The van der Waals surface area contributed by atoms with Crippen LogP contribution in [0.5, 0.6) is 0 Å². The maximum absolute atomic E-state index is 14.0. The molecule has 2 aliphatic heterocycles. The van der Waals surface area contributed by atoms with Crippen molar-refractivity contribution in [1.29, 1.82) is 0 Å². The molecule has 6 rings (SSSR count). The Hall–Kier alpha value is -4.73. The van der Waals surface area contributed by atoms with E-state index in [1.54, 1.807) is 30.5 Å². The molecule has 1 aromatic heterocycles. The van der Waals surface area contributed by atoms with E-state index in [9.17, 15) is 14.4 Å². The highest BCUT2D eigenvalue weighted by atomic mass is 35.5. The van der Waals surface area contributed by atoms with Gasteiger partial charge in [-0.2, -0.15) is 0 Å². The van der Waals surface area contributed by atoms with Crippen LogP contribution in [0, 0.1) is 0 Å². The Labute approximate surface area is 267 Å². The summed E-state index contributed by atoms with van der Waals surface area (Å²) in [5, 5.41) is 10.0. The molecule has 0 aliphatic carbocycles. The lowest BCUT2D eigenvalue weighted by Gasteiger charge is -2.38. The zero-order chi connectivity index (χ0) is 31.2. The summed E-state index contributed by atoms with van der Waals surface area (Å²) in [5.74, 6) is -0.540. The van der Waals surface area contributed by atoms with Crippen molar-refractivity contribution in [2.24, 2.45) is 0 Å². The summed E-state index contributed by atoms with van der Waals surface area (Å²) in [6, 6.07) is 25.4. The van der Waals surface area contributed by atoms with Crippen molar-refractivity contribution in [1.82, 2.24) is 20.5 Å². The van der Waals surface area contributed by atoms with Crippen molar-refractivity contribution in [3.63, 3.8) is 0 Å². The fourth-order valence-electron chi connectivity index (χ4n) is 5.90. The summed E-state index contributed by atoms with van der Waals surface area (Å²) in [4.78, 5) is 48.3. The van der Waals surface area contributed by atoms with E-state index >= 15 is 0 Å². The predicted molar refractivity (Wildman–Crippen MR) is 175 cm³/mol. The minimum Gasteiger partial charge on any atom is -0.366 e. The van der Waals surface area contributed by atoms with Crippen LogP contribution in [0.2, 0.25) is 5.02 Å². The van der Waals surface area contributed by atoms with Crippen molar-refractivity contribution in [2.45, 2.75) is 31.5 Å². The summed E-state index contributed by atoms with van der Waals surface area (Å²) >= 11 is 6.11. The first-order valence-corrected chi connectivity index (χ1v) is 15.5. The average Bonchev–Trinajstić information content (AvgIpc) is 3.09. The fraction of sp³-hybridized carbons (Fsp3) is 0.257. The number of benzene rings is 3. The third-order valence-corrected chi connectivity index (χ3v) is 8.63. The number of anilines is 2. The van der Waals surface area contributed by atoms with Gasteiger partial charge in [0.2, 0.25) is 11.8 Å². The molecule has 3 N–H and O–H groups in total. The summed E-state index contributed by atoms with van der Waals surface area (Å²) in [5.41, 5.74) is 5.30. The van der Waals surface area contributed by atoms with E-state index in [-0.39, 0.29) is 17.7 Å². The summed E-state index contributed by atoms with van der Waals surface area (Å²) in [7, 11) is 0. The number of rotatable bonds is 8. The number of halogens is 1. The molecule has 3 amide bonds. The van der Waals surface area contributed by atoms with E-state index in [1.807, 2.05) is 53.4 Å². The van der Waals surface area contributed by atoms with Crippen LogP contribution in [0.15, 0.2) is 97.3 Å². The van der Waals surface area contributed by atoms with E-state index in [4.69, 9.17) is 11.6 Å². The van der Waals surface area contributed by atoms with E-state index in [0.717, 1.165) is 16.8 Å². The van der Waals surface area contributed by atoms with Crippen molar-refractivity contribution < 1.29 is 14.4 Å². The number of para-hydroxylation sites is 2. The van der Waals surface area contributed by atoms with Crippen LogP contribution in [0.4, 0.5) is 11.4 Å². The first-order chi connectivity index (χ1) is 21.9. The number of pyridine rings is 1. The molecular weight excluding hydrogens is 588 g/mol. The predicted octanol–water partition coefficient (Wildman–Crippen LogP) is 4.08. The lowest BCUT2D eigenvalue weighted by atomic mass is 9.95. The minimum absolute atomic E-state index is 0.118. The van der Waals surface area contributed by atoms with Gasteiger partial charge in [-0.25, -0.2) is 0 Å². The average molecular weight is 623 g/mol. The number of piperazine rings is 1. The lowest BCUT2D eigenvalue weighted by Crippen LogP contribution is -2.58. The summed E-state index contributed by atoms with van der Waals surface area (Å²) < 4.78 is 0. The van der Waals surface area contributed by atoms with Crippen LogP contribution >= 0.6 is 11.6 Å². The van der Waals surface area contributed by atoms with Gasteiger partial charge in [0.25, 0.3) is 5.91 Å². The number of hydrogen-bond acceptors (Lipinski definition) is 6. The molecule has 1 fully saturated rings. The van der Waals surface area contributed by atoms with Crippen LogP contribution in [0.25, 0.3) is 0 Å². The van der Waals surface area contributed by atoms with Gasteiger partial charge in [-0.3, -0.25) is 19.4 Å². The molecule has 0 spiro atoms. The smallest absolute Gasteiger partial charge is 0.257 e. The van der Waals surface area contributed by atoms with Gasteiger partial charge in [-0.05, 0) is 59.5 Å². The highest BCUT2D eigenvalue weighted by Gasteiger charge is 2.32. The monoisotopic (exact) mass is 622 g/mol. The molecule has 3 aromatic carbocycles. The molecule has 2 atom stereocenters. The Morgan fingerprint density at radius 2 is 1.62 bits per heavy atom. The van der Waals surface area contributed by atoms with Gasteiger partial charge >= 0.3 is 0 Å². The Morgan fingerprint density at radius 1 is 0.889 bits per heavy atom. The fourth-order valence-corrected chi connectivity index (χ4v) is 6.03. The van der Waals surface area contributed by atoms with Gasteiger partial charge in [-0.1, -0.05) is 60.1 Å². The Balaban J connectivity index is 1.13. The van der Waals surface area contributed by atoms with Crippen molar-refractivity contribution >= 4 is 40.7 Å². The second kappa shape index (κ2) is 13.9. The molecule has 4 aromatic rings. The van der Waals surface area contributed by atoms with Crippen molar-refractivity contribution in [3.8, 4) is 0 Å². The molecule has 3 heterocycles. The van der Waals surface area contributed by atoms with Gasteiger partial charge in [-0.15, -0.1) is 0 Å². The number of amides is 3. The van der Waals surface area contributed by atoms with Crippen LogP contribution in [-0.2, 0) is 29.0 Å². The Morgan fingerprint density at radius 3 is 2.38 bits per heavy atom. The second-order valence-corrected chi connectivity index (χ2v) is 11.8. The molecule has 0 bridgehead atoms. The third-order valence-electron chi connectivity index (χ3n) is 8.37. The Bertz CT molecular complexity index is 1660. The third kappa shape index (κ3) is 7.33. The molecule has 2 unspecified atom stereocenters. The van der Waals surface area contributed by atoms with Gasteiger partial charge in [0.15, 0.2) is 0 Å². The lowest BCUT2D eigenvalue weighted by molar-refractivity contribution is -0.137. The largest absolute Gasteiger partial charge is 0.366 e. The maximum Gasteiger partial charge on any atom is 0.257 e. The molecule has 9 nitrogen and oxygen atoms in total. The van der Waals surface area contributed by atoms with Crippen LogP contribution in [0.3, 0.4) is 0 Å². The normalized spacial score (nSPS) is 16.8. The number of hydrogen-bond donors (Lipinski definition) is 3. The number of carbonyl (C=O) groups is 3. The molecule has 0 radical (unpaired) electrons. The molecular formula is C35H35ClN6O3. The first kappa shape index (κ1) is 30.3. The van der Waals surface area contributed by atoms with Crippen LogP contribution in [0.1, 0.15) is 27.0 Å². The molecule has 0 saturated carbocycles. The number of carbonyl (C=O) groups excluding carboxylic acids is 3. The molecule has 45 heavy (non-hydrogen) atoms. The van der Waals surface area contributed by atoms with Gasteiger partial charge < -0.3 is 25.8 Å². The SMILES string of the molecule is O=C(Nc1ccccc1N1CCN(C(=O)C(Cc2ccc(Cl)cc2)NC(=O)C2Cc3ccccc3CN2)CC1)c1cccnc1. The minimum atomic E-state index is -0.727. The van der Waals surface area contributed by atoms with Crippen LogP contribution in [-0.4, -0.2) is 65.9 Å². The highest BCUT2D eigenvalue weighted by molar-refractivity contribution is 6.30. The van der Waals surface area contributed by atoms with Crippen molar-refractivity contribution in [3.05, 3.63) is 125 Å². The van der Waals surface area contributed by atoms with Gasteiger partial charge in [0.1, 0.15) is 6.04 Å². The van der Waals surface area contributed by atoms with E-state index < -0.39 is 12.1 Å². The first-order valence-electron chi connectivity index (χ1n) is 15.1. The molecule has 230 valence electrons. The van der Waals surface area contributed by atoms with E-state index in [1.165, 1.54) is 11.8 Å². The van der Waals surface area contributed by atoms with Gasteiger partial charge in [0, 0.05) is 56.6 Å². The summed E-state index contributed by atoms with van der Waals surface area (Å²) in [6.45, 7) is 2.72. The second-order valence-electron chi connectivity index (χ2n) is 11.3. The van der Waals surface area contributed by atoms with Crippen LogP contribution < -0.4 is 20.9 Å².